The standard InChI is InChI=1S/C32H53F4N3O8S/c1-6-24(40)19-30(20-37,39-5)28(3)11-10-25(41)15-23(28)16-26(42)18-29(38-4)12-9-22(17-29)21(2)7-8-27(43)47-14-13-31(33,34)32(35,36)48(44,45)46/h21-23,38-39H,6-20,37H2,1-5H3,(H,44,45,46)/t21-,22+,23?,28+,29+,30-/m1/s1. The molecule has 2 saturated carbocycles. The van der Waals surface area contributed by atoms with Crippen LogP contribution in [0.4, 0.5) is 17.6 Å². The van der Waals surface area contributed by atoms with E-state index in [2.05, 4.69) is 15.4 Å². The molecule has 11 nitrogen and oxygen atoms in total. The number of rotatable bonds is 20. The zero-order chi connectivity index (χ0) is 36.8. The van der Waals surface area contributed by atoms with Crippen molar-refractivity contribution in [2.75, 3.05) is 27.2 Å². The second-order valence-electron chi connectivity index (χ2n) is 14.1. The van der Waals surface area contributed by atoms with Crippen LogP contribution in [0.15, 0.2) is 0 Å². The molecule has 278 valence electrons. The van der Waals surface area contributed by atoms with Gasteiger partial charge < -0.3 is 21.1 Å². The minimum absolute atomic E-state index is 0.00706. The number of carbonyl (C=O) groups excluding carboxylic acids is 4. The maximum atomic E-state index is 13.7. The first kappa shape index (κ1) is 42.2. The fourth-order valence-electron chi connectivity index (χ4n) is 7.71. The average molecular weight is 716 g/mol. The molecule has 5 N–H and O–H groups in total. The summed E-state index contributed by atoms with van der Waals surface area (Å²) < 4.78 is 88.3. The molecule has 0 aliphatic heterocycles. The molecule has 2 fully saturated rings. The van der Waals surface area contributed by atoms with Crippen LogP contribution in [0.5, 0.6) is 0 Å². The van der Waals surface area contributed by atoms with E-state index in [1.54, 1.807) is 21.0 Å². The van der Waals surface area contributed by atoms with Crippen LogP contribution in [-0.2, 0) is 34.0 Å². The smallest absolute Gasteiger partial charge is 0.431 e. The molecule has 16 heteroatoms. The first-order valence-electron chi connectivity index (χ1n) is 16.6. The van der Waals surface area contributed by atoms with Gasteiger partial charge in [0.1, 0.15) is 17.3 Å². The fraction of sp³-hybridized carbons (Fsp3) is 0.875. The van der Waals surface area contributed by atoms with Gasteiger partial charge in [-0.05, 0) is 69.4 Å². The van der Waals surface area contributed by atoms with Crippen molar-refractivity contribution in [3.05, 3.63) is 0 Å². The highest BCUT2D eigenvalue weighted by Gasteiger charge is 2.65. The van der Waals surface area contributed by atoms with Crippen LogP contribution in [0.25, 0.3) is 0 Å². The number of hydrogen-bond acceptors (Lipinski definition) is 10. The lowest BCUT2D eigenvalue weighted by Crippen LogP contribution is -2.65. The van der Waals surface area contributed by atoms with Crippen LogP contribution in [0.1, 0.15) is 104 Å². The van der Waals surface area contributed by atoms with Gasteiger partial charge in [-0.2, -0.15) is 26.0 Å². The Labute approximate surface area is 281 Å². The zero-order valence-corrected chi connectivity index (χ0v) is 29.5. The second-order valence-corrected chi connectivity index (χ2v) is 15.6. The number of ketones is 3. The molecule has 48 heavy (non-hydrogen) atoms. The van der Waals surface area contributed by atoms with Crippen LogP contribution in [0.2, 0.25) is 0 Å². The predicted molar refractivity (Wildman–Crippen MR) is 170 cm³/mol. The van der Waals surface area contributed by atoms with E-state index in [1.165, 1.54) is 0 Å². The van der Waals surface area contributed by atoms with E-state index in [0.717, 1.165) is 6.42 Å². The molecule has 0 amide bonds. The first-order chi connectivity index (χ1) is 22.1. The highest BCUT2D eigenvalue weighted by Crippen LogP contribution is 2.51. The van der Waals surface area contributed by atoms with E-state index >= 15 is 0 Å². The van der Waals surface area contributed by atoms with Crippen LogP contribution in [-0.4, -0.2) is 85.8 Å². The van der Waals surface area contributed by atoms with Gasteiger partial charge in [-0.15, -0.1) is 0 Å². The van der Waals surface area contributed by atoms with Gasteiger partial charge in [0.15, 0.2) is 0 Å². The number of carbonyl (C=O) groups is 4. The van der Waals surface area contributed by atoms with Gasteiger partial charge in [-0.3, -0.25) is 23.7 Å². The van der Waals surface area contributed by atoms with Gasteiger partial charge in [0.25, 0.3) is 0 Å². The van der Waals surface area contributed by atoms with E-state index in [4.69, 9.17) is 10.3 Å². The third-order valence-corrected chi connectivity index (χ3v) is 12.3. The van der Waals surface area contributed by atoms with Gasteiger partial charge in [0, 0.05) is 62.6 Å². The Morgan fingerprint density at radius 2 is 1.79 bits per heavy atom. The summed E-state index contributed by atoms with van der Waals surface area (Å²) in [5, 5.41) is 0.909. The SMILES string of the molecule is CCC(=O)C[C@](CN)(NC)[C@@]1(C)CCC(=O)CC1CC(=O)C[C@]1(NC)CC[C@H]([C@H](C)CCC(=O)OCCC(F)(F)C(F)(F)S(=O)(=O)O)C1. The van der Waals surface area contributed by atoms with Crippen molar-refractivity contribution < 1.29 is 54.4 Å². The molecule has 0 aromatic heterocycles. The number of likely N-dealkylation sites (N-methyl/N-ethyl adjacent to an activating group) is 1. The van der Waals surface area contributed by atoms with Gasteiger partial charge in [-0.25, -0.2) is 0 Å². The first-order valence-corrected chi connectivity index (χ1v) is 18.0. The molecule has 0 heterocycles. The Hall–Kier alpha value is -2.01. The molecule has 2 aliphatic rings. The second kappa shape index (κ2) is 16.3. The summed E-state index contributed by atoms with van der Waals surface area (Å²) >= 11 is 0. The molecule has 0 spiro atoms. The Morgan fingerprint density at radius 3 is 2.33 bits per heavy atom. The van der Waals surface area contributed by atoms with E-state index in [9.17, 15) is 45.2 Å². The lowest BCUT2D eigenvalue weighted by molar-refractivity contribution is -0.174. The van der Waals surface area contributed by atoms with Gasteiger partial charge in [0.2, 0.25) is 0 Å². The third kappa shape index (κ3) is 9.40. The van der Waals surface area contributed by atoms with Gasteiger partial charge in [-0.1, -0.05) is 20.8 Å². The molecule has 0 bridgehead atoms. The Kier molecular flexibility index (Phi) is 14.4. The van der Waals surface area contributed by atoms with Gasteiger partial charge >= 0.3 is 27.3 Å². The number of Topliss-reactive ketones (excluding diaryl/α,β-unsaturated/α-hetero) is 3. The predicted octanol–water partition coefficient (Wildman–Crippen LogP) is 4.22. The lowest BCUT2D eigenvalue weighted by Gasteiger charge is -2.54. The summed E-state index contributed by atoms with van der Waals surface area (Å²) in [6, 6.07) is 0. The fourth-order valence-corrected chi connectivity index (χ4v) is 8.19. The number of hydrogen-bond donors (Lipinski definition) is 4. The molecule has 0 aromatic rings. The zero-order valence-electron chi connectivity index (χ0n) is 28.6. The quantitative estimate of drug-likeness (QED) is 0.0805. The van der Waals surface area contributed by atoms with Crippen molar-refractivity contribution in [1.29, 1.82) is 0 Å². The molecule has 2 rings (SSSR count). The molecule has 0 aromatic carbocycles. The monoisotopic (exact) mass is 715 g/mol. The number of esters is 1. The van der Waals surface area contributed by atoms with Crippen molar-refractivity contribution in [3.8, 4) is 0 Å². The summed E-state index contributed by atoms with van der Waals surface area (Å²) in [6.45, 7) is 4.74. The van der Waals surface area contributed by atoms with Crippen molar-refractivity contribution >= 4 is 33.4 Å². The summed E-state index contributed by atoms with van der Waals surface area (Å²) in [5.74, 6) is -6.18. The topological polar surface area (TPSA) is 182 Å². The number of nitrogens with one attached hydrogen (secondary N) is 2. The average Bonchev–Trinajstić information content (AvgIpc) is 3.43. The highest BCUT2D eigenvalue weighted by atomic mass is 32.2. The van der Waals surface area contributed by atoms with E-state index < -0.39 is 56.8 Å². The van der Waals surface area contributed by atoms with Crippen LogP contribution < -0.4 is 16.4 Å². The van der Waals surface area contributed by atoms with Crippen molar-refractivity contribution in [2.45, 2.75) is 126 Å². The van der Waals surface area contributed by atoms with E-state index in [0.29, 0.717) is 38.5 Å². The summed E-state index contributed by atoms with van der Waals surface area (Å²) in [4.78, 5) is 51.1. The Balaban J connectivity index is 2.00. The summed E-state index contributed by atoms with van der Waals surface area (Å²) in [7, 11) is -2.83. The van der Waals surface area contributed by atoms with Crippen LogP contribution in [0.3, 0.4) is 0 Å². The minimum atomic E-state index is -6.37. The number of halogens is 4. The molecule has 0 radical (unpaired) electrons. The molecule has 1 unspecified atom stereocenters. The Bertz CT molecular complexity index is 1280. The van der Waals surface area contributed by atoms with E-state index in [1.807, 2.05) is 13.8 Å². The highest BCUT2D eigenvalue weighted by molar-refractivity contribution is 7.87. The summed E-state index contributed by atoms with van der Waals surface area (Å²) in [5.41, 5.74) is 4.43. The molecular formula is C32H53F4N3O8S. The number of nitrogens with two attached hydrogens (primary N) is 1. The lowest BCUT2D eigenvalue weighted by atomic mass is 9.54. The van der Waals surface area contributed by atoms with Crippen molar-refractivity contribution in [3.63, 3.8) is 0 Å². The largest absolute Gasteiger partial charge is 0.465 e. The van der Waals surface area contributed by atoms with Crippen LogP contribution in [0, 0.1) is 23.2 Å². The Morgan fingerprint density at radius 1 is 1.15 bits per heavy atom. The molecule has 0 saturated heterocycles. The maximum absolute atomic E-state index is 13.7. The maximum Gasteiger partial charge on any atom is 0.431 e. The molecule has 2 aliphatic carbocycles. The normalized spacial score (nSPS) is 27.4. The van der Waals surface area contributed by atoms with Crippen molar-refractivity contribution in [1.82, 2.24) is 10.6 Å². The van der Waals surface area contributed by atoms with E-state index in [-0.39, 0.29) is 73.8 Å². The van der Waals surface area contributed by atoms with Crippen LogP contribution >= 0.6 is 0 Å². The summed E-state index contributed by atoms with van der Waals surface area (Å²) in [6.07, 6.45) is 2.41. The van der Waals surface area contributed by atoms with Gasteiger partial charge in [0.05, 0.1) is 13.0 Å². The minimum Gasteiger partial charge on any atom is -0.465 e. The molecule has 6 atom stereocenters. The number of alkyl halides is 4. The van der Waals surface area contributed by atoms with Crippen molar-refractivity contribution in [2.24, 2.45) is 28.9 Å². The third-order valence-electron chi connectivity index (χ3n) is 11.3. The number of ether oxygens (including phenoxy) is 1. The molecular weight excluding hydrogens is 662 g/mol.